The van der Waals surface area contributed by atoms with E-state index in [-0.39, 0.29) is 32.2 Å². The van der Waals surface area contributed by atoms with Crippen LogP contribution in [0.2, 0.25) is 0 Å². The summed E-state index contributed by atoms with van der Waals surface area (Å²) in [6, 6.07) is 0. The highest BCUT2D eigenvalue weighted by Gasteiger charge is 2.22. The molecule has 2 unspecified atom stereocenters. The second kappa shape index (κ2) is 59.2. The summed E-state index contributed by atoms with van der Waals surface area (Å²) >= 11 is 0. The van der Waals surface area contributed by atoms with Gasteiger partial charge in [-0.2, -0.15) is 0 Å². The minimum absolute atomic E-state index is 0.149. The highest BCUT2D eigenvalue weighted by atomic mass is 16.7. The standard InChI is InChI=1S/C67H129NO8/c1-6-8-10-12-14-16-18-19-20-21-22-23-24-25-26-27-28-29-30-31-32-33-34-35-36-37-38-39-40-41-42-43-44-45-46-47-48-50-51-53-55-57-64(69)74-61-63(62-75-67(66(71)72)73-60-59-68(3,4)5)76-65(70)58-56-54-52-49-17-15-13-11-9-7-2/h11,13,63,67H,6-10,12,14-62H2,1-5H3/b13-11-. The van der Waals surface area contributed by atoms with Crippen LogP contribution >= 0.6 is 0 Å². The second-order valence-corrected chi connectivity index (χ2v) is 24.1. The fraction of sp³-hybridized carbons (Fsp3) is 0.925. The lowest BCUT2D eigenvalue weighted by Gasteiger charge is -2.26. The quantitative estimate of drug-likeness (QED) is 0.0195. The van der Waals surface area contributed by atoms with Gasteiger partial charge in [0, 0.05) is 12.8 Å². The Morgan fingerprint density at radius 3 is 1.03 bits per heavy atom. The van der Waals surface area contributed by atoms with Gasteiger partial charge in [0.15, 0.2) is 12.4 Å². The molecule has 0 radical (unpaired) electrons. The van der Waals surface area contributed by atoms with Crippen molar-refractivity contribution in [1.29, 1.82) is 0 Å². The van der Waals surface area contributed by atoms with Gasteiger partial charge in [-0.1, -0.05) is 309 Å². The van der Waals surface area contributed by atoms with Gasteiger partial charge in [-0.3, -0.25) is 9.59 Å². The number of carboxylic acid groups (broad SMARTS) is 1. The molecule has 0 aromatic carbocycles. The number of likely N-dealkylation sites (N-methyl/N-ethyl adjacent to an activating group) is 1. The van der Waals surface area contributed by atoms with Crippen LogP contribution in [0.15, 0.2) is 12.2 Å². The van der Waals surface area contributed by atoms with E-state index in [1.54, 1.807) is 0 Å². The maximum atomic E-state index is 12.8. The zero-order chi connectivity index (χ0) is 55.5. The summed E-state index contributed by atoms with van der Waals surface area (Å²) in [4.78, 5) is 37.1. The minimum atomic E-state index is -1.62. The van der Waals surface area contributed by atoms with Crippen LogP contribution in [-0.2, 0) is 33.3 Å². The van der Waals surface area contributed by atoms with Gasteiger partial charge in [-0.05, 0) is 32.1 Å². The highest BCUT2D eigenvalue weighted by Crippen LogP contribution is 2.19. The smallest absolute Gasteiger partial charge is 0.306 e. The Morgan fingerprint density at radius 2 is 0.697 bits per heavy atom. The van der Waals surface area contributed by atoms with Gasteiger partial charge < -0.3 is 33.3 Å². The average Bonchev–Trinajstić information content (AvgIpc) is 3.39. The first-order valence-electron chi connectivity index (χ1n) is 33.3. The van der Waals surface area contributed by atoms with Crippen LogP contribution in [0.25, 0.3) is 0 Å². The molecule has 0 aromatic rings. The molecule has 0 aliphatic carbocycles. The summed E-state index contributed by atoms with van der Waals surface area (Å²) in [6.45, 7) is 4.72. The van der Waals surface area contributed by atoms with E-state index in [0.29, 0.717) is 23.9 Å². The van der Waals surface area contributed by atoms with Crippen molar-refractivity contribution in [2.75, 3.05) is 47.5 Å². The van der Waals surface area contributed by atoms with Crippen molar-refractivity contribution in [3.05, 3.63) is 12.2 Å². The molecule has 2 atom stereocenters. The van der Waals surface area contributed by atoms with Crippen LogP contribution in [0.5, 0.6) is 0 Å². The lowest BCUT2D eigenvalue weighted by Crippen LogP contribution is -2.44. The van der Waals surface area contributed by atoms with E-state index >= 15 is 0 Å². The summed E-state index contributed by atoms with van der Waals surface area (Å²) in [6.07, 6.45) is 67.8. The van der Waals surface area contributed by atoms with Gasteiger partial charge in [0.05, 0.1) is 40.3 Å². The summed E-state index contributed by atoms with van der Waals surface area (Å²) < 4.78 is 22.6. The molecular formula is C67H129NO8. The minimum Gasteiger partial charge on any atom is -0.545 e. The van der Waals surface area contributed by atoms with E-state index in [2.05, 4.69) is 26.0 Å². The molecule has 0 saturated carbocycles. The molecule has 0 aliphatic rings. The number of carbonyl (C=O) groups excluding carboxylic acids is 3. The van der Waals surface area contributed by atoms with Gasteiger partial charge in [0.1, 0.15) is 13.2 Å². The SMILES string of the molecule is CCC/C=C\CCCCCCCC(=O)OC(COC(=O)CCCCCCCCCCCCCCCCCCCCCCCCCCCCCCCCCCCCCCCCCCC)COC(OCC[N+](C)(C)C)C(=O)[O-]. The molecule has 9 nitrogen and oxygen atoms in total. The van der Waals surface area contributed by atoms with Crippen LogP contribution in [0.4, 0.5) is 0 Å². The number of aliphatic carboxylic acids is 1. The number of hydrogen-bond donors (Lipinski definition) is 0. The van der Waals surface area contributed by atoms with Crippen LogP contribution < -0.4 is 5.11 Å². The topological polar surface area (TPSA) is 111 Å². The fourth-order valence-corrected chi connectivity index (χ4v) is 10.1. The molecule has 0 saturated heterocycles. The van der Waals surface area contributed by atoms with Crippen molar-refractivity contribution >= 4 is 17.9 Å². The monoisotopic (exact) mass is 1080 g/mol. The number of rotatable bonds is 63. The van der Waals surface area contributed by atoms with Crippen molar-refractivity contribution in [1.82, 2.24) is 0 Å². The molecule has 0 aliphatic heterocycles. The third kappa shape index (κ3) is 59.7. The Hall–Kier alpha value is -1.97. The number of ether oxygens (including phenoxy) is 4. The third-order valence-electron chi connectivity index (χ3n) is 15.2. The first-order chi connectivity index (χ1) is 37.1. The third-order valence-corrected chi connectivity index (χ3v) is 15.2. The molecule has 0 amide bonds. The summed E-state index contributed by atoms with van der Waals surface area (Å²) in [5.74, 6) is -2.28. The number of quaternary nitrogens is 1. The highest BCUT2D eigenvalue weighted by molar-refractivity contribution is 5.70. The number of allylic oxidation sites excluding steroid dienone is 2. The molecule has 9 heteroatoms. The zero-order valence-electron chi connectivity index (χ0n) is 51.4. The number of nitrogens with zero attached hydrogens (tertiary/aromatic N) is 1. The van der Waals surface area contributed by atoms with Gasteiger partial charge in [0.25, 0.3) is 0 Å². The van der Waals surface area contributed by atoms with Gasteiger partial charge in [-0.15, -0.1) is 0 Å². The van der Waals surface area contributed by atoms with E-state index in [9.17, 15) is 19.5 Å². The van der Waals surface area contributed by atoms with Crippen molar-refractivity contribution in [2.45, 2.75) is 354 Å². The first-order valence-corrected chi connectivity index (χ1v) is 33.3. The molecular weight excluding hydrogens is 947 g/mol. The number of carboxylic acids is 1. The molecule has 76 heavy (non-hydrogen) atoms. The fourth-order valence-electron chi connectivity index (χ4n) is 10.1. The summed E-state index contributed by atoms with van der Waals surface area (Å²) in [7, 11) is 5.92. The summed E-state index contributed by atoms with van der Waals surface area (Å²) in [5.41, 5.74) is 0. The van der Waals surface area contributed by atoms with Crippen LogP contribution in [0, 0.1) is 0 Å². The van der Waals surface area contributed by atoms with E-state index in [0.717, 1.165) is 57.8 Å². The number of carbonyl (C=O) groups is 3. The Morgan fingerprint density at radius 1 is 0.382 bits per heavy atom. The van der Waals surface area contributed by atoms with Crippen molar-refractivity contribution in [3.63, 3.8) is 0 Å². The van der Waals surface area contributed by atoms with Crippen LogP contribution in [0.3, 0.4) is 0 Å². The van der Waals surface area contributed by atoms with Crippen LogP contribution in [0.1, 0.15) is 341 Å². The maximum Gasteiger partial charge on any atom is 0.306 e. The lowest BCUT2D eigenvalue weighted by atomic mass is 10.0. The van der Waals surface area contributed by atoms with E-state index < -0.39 is 24.3 Å². The number of esters is 2. The first kappa shape index (κ1) is 74.0. The Labute approximate surface area is 472 Å². The zero-order valence-corrected chi connectivity index (χ0v) is 51.4. The van der Waals surface area contributed by atoms with Crippen molar-refractivity contribution in [3.8, 4) is 0 Å². The number of unbranched alkanes of at least 4 members (excludes halogenated alkanes) is 46. The van der Waals surface area contributed by atoms with Gasteiger partial charge in [0.2, 0.25) is 0 Å². The molecule has 0 fully saturated rings. The molecule has 0 bridgehead atoms. The van der Waals surface area contributed by atoms with Crippen molar-refractivity contribution in [2.24, 2.45) is 0 Å². The van der Waals surface area contributed by atoms with E-state index in [4.69, 9.17) is 18.9 Å². The Balaban J connectivity index is 3.76. The molecule has 0 rings (SSSR count). The number of hydrogen-bond acceptors (Lipinski definition) is 8. The molecule has 0 aromatic heterocycles. The van der Waals surface area contributed by atoms with Gasteiger partial charge >= 0.3 is 11.9 Å². The molecule has 0 heterocycles. The second-order valence-electron chi connectivity index (χ2n) is 24.1. The Bertz CT molecular complexity index is 1250. The average molecular weight is 1080 g/mol. The predicted molar refractivity (Wildman–Crippen MR) is 320 cm³/mol. The largest absolute Gasteiger partial charge is 0.545 e. The Kier molecular flexibility index (Phi) is 57.6. The van der Waals surface area contributed by atoms with Gasteiger partial charge in [-0.25, -0.2) is 0 Å². The predicted octanol–water partition coefficient (Wildman–Crippen LogP) is 18.7. The molecule has 0 N–H and O–H groups in total. The maximum absolute atomic E-state index is 12.8. The normalized spacial score (nSPS) is 12.7. The lowest BCUT2D eigenvalue weighted by molar-refractivity contribution is -0.870. The van der Waals surface area contributed by atoms with E-state index in [1.165, 1.54) is 250 Å². The molecule has 0 spiro atoms. The van der Waals surface area contributed by atoms with E-state index in [1.807, 2.05) is 21.1 Å². The van der Waals surface area contributed by atoms with Crippen molar-refractivity contribution < 1.29 is 42.9 Å². The molecule has 450 valence electrons. The van der Waals surface area contributed by atoms with Crippen LogP contribution in [-0.4, -0.2) is 82.3 Å². The summed E-state index contributed by atoms with van der Waals surface area (Å²) in [5, 5.41) is 11.7.